The number of rotatable bonds is 11. The van der Waals surface area contributed by atoms with Crippen LogP contribution in [0.25, 0.3) is 0 Å². The number of hydrogen-bond donors (Lipinski definition) is 1. The third-order valence-electron chi connectivity index (χ3n) is 5.38. The first-order chi connectivity index (χ1) is 16.3. The van der Waals surface area contributed by atoms with Gasteiger partial charge in [0.15, 0.2) is 11.5 Å². The van der Waals surface area contributed by atoms with Crippen LogP contribution in [0, 0.1) is 0 Å². The van der Waals surface area contributed by atoms with E-state index < -0.39 is 10.0 Å². The minimum absolute atomic E-state index is 0.118. The van der Waals surface area contributed by atoms with E-state index in [9.17, 15) is 13.2 Å². The predicted octanol–water partition coefficient (Wildman–Crippen LogP) is 4.63. The highest BCUT2D eigenvalue weighted by Gasteiger charge is 2.27. The van der Waals surface area contributed by atoms with Crippen LogP contribution in [-0.4, -0.2) is 46.4 Å². The smallest absolute Gasteiger partial charge is 0.255 e. The largest absolute Gasteiger partial charge is 0.490 e. The molecule has 1 aliphatic heterocycles. The Balaban J connectivity index is 1.88. The Hall–Kier alpha value is -2.94. The quantitative estimate of drug-likeness (QED) is 0.494. The molecule has 8 nitrogen and oxygen atoms in total. The number of anilines is 2. The molecular formula is C25H34N2O6S. The number of carbonyl (C=O) groups excluding carboxylic acids is 1. The molecule has 3 rings (SSSR count). The fraction of sp³-hybridized carbons (Fsp3) is 0.480. The third-order valence-corrected chi connectivity index (χ3v) is 7.36. The molecule has 0 fully saturated rings. The van der Waals surface area contributed by atoms with Crippen molar-refractivity contribution in [3.05, 3.63) is 41.5 Å². The molecule has 2 aromatic rings. The van der Waals surface area contributed by atoms with Crippen LogP contribution < -0.4 is 23.8 Å². The molecule has 2 aromatic carbocycles. The van der Waals surface area contributed by atoms with Gasteiger partial charge in [0.25, 0.3) is 5.91 Å². The molecule has 0 unspecified atom stereocenters. The average molecular weight is 491 g/mol. The van der Waals surface area contributed by atoms with Crippen molar-refractivity contribution in [3.63, 3.8) is 0 Å². The summed E-state index contributed by atoms with van der Waals surface area (Å²) in [5.74, 6) is 1.17. The lowest BCUT2D eigenvalue weighted by Gasteiger charge is -2.30. The Labute approximate surface area is 202 Å². The lowest BCUT2D eigenvalue weighted by molar-refractivity contribution is 0.102. The van der Waals surface area contributed by atoms with E-state index in [0.717, 1.165) is 18.4 Å². The number of ether oxygens (including phenoxy) is 3. The van der Waals surface area contributed by atoms with Gasteiger partial charge < -0.3 is 19.5 Å². The van der Waals surface area contributed by atoms with Crippen molar-refractivity contribution < 1.29 is 27.4 Å². The summed E-state index contributed by atoms with van der Waals surface area (Å²) in [5.41, 5.74) is 2.57. The van der Waals surface area contributed by atoms with E-state index in [2.05, 4.69) is 5.32 Å². The molecule has 0 atom stereocenters. The maximum Gasteiger partial charge on any atom is 0.255 e. The van der Waals surface area contributed by atoms with E-state index in [1.807, 2.05) is 33.8 Å². The summed E-state index contributed by atoms with van der Waals surface area (Å²) < 4.78 is 43.9. The number of nitrogens with one attached hydrogen (secondary N) is 1. The first-order valence-corrected chi connectivity index (χ1v) is 13.5. The average Bonchev–Trinajstić information content (AvgIpc) is 2.80. The SMILES string of the molecule is CCCS(=O)(=O)N1CCCc2cc(NC(=O)c3cc(OCC)c(OCC)c(OCC)c3)ccc21. The molecule has 0 saturated carbocycles. The van der Waals surface area contributed by atoms with Gasteiger partial charge >= 0.3 is 0 Å². The summed E-state index contributed by atoms with van der Waals surface area (Å²) in [6.07, 6.45) is 2.06. The number of benzene rings is 2. The van der Waals surface area contributed by atoms with Crippen molar-refractivity contribution in [2.24, 2.45) is 0 Å². The van der Waals surface area contributed by atoms with Gasteiger partial charge in [-0.3, -0.25) is 9.10 Å². The highest BCUT2D eigenvalue weighted by Crippen LogP contribution is 2.39. The van der Waals surface area contributed by atoms with E-state index >= 15 is 0 Å². The van der Waals surface area contributed by atoms with Gasteiger partial charge in [0, 0.05) is 17.8 Å². The lowest BCUT2D eigenvalue weighted by atomic mass is 10.0. The molecular weight excluding hydrogens is 456 g/mol. The summed E-state index contributed by atoms with van der Waals surface area (Å²) >= 11 is 0. The maximum absolute atomic E-state index is 13.1. The van der Waals surface area contributed by atoms with Crippen LogP contribution in [0.15, 0.2) is 30.3 Å². The van der Waals surface area contributed by atoms with Crippen LogP contribution in [0.2, 0.25) is 0 Å². The molecule has 1 N–H and O–H groups in total. The van der Waals surface area contributed by atoms with Crippen LogP contribution in [0.4, 0.5) is 11.4 Å². The molecule has 9 heteroatoms. The summed E-state index contributed by atoms with van der Waals surface area (Å²) in [4.78, 5) is 13.1. The third kappa shape index (κ3) is 5.75. The van der Waals surface area contributed by atoms with Gasteiger partial charge in [-0.25, -0.2) is 8.42 Å². The van der Waals surface area contributed by atoms with Gasteiger partial charge in [-0.2, -0.15) is 0 Å². The number of fused-ring (bicyclic) bond motifs is 1. The molecule has 1 amide bonds. The molecule has 186 valence electrons. The molecule has 34 heavy (non-hydrogen) atoms. The van der Waals surface area contributed by atoms with Crippen molar-refractivity contribution in [1.29, 1.82) is 0 Å². The van der Waals surface area contributed by atoms with Gasteiger partial charge in [-0.1, -0.05) is 6.92 Å². The second-order valence-electron chi connectivity index (χ2n) is 7.89. The van der Waals surface area contributed by atoms with E-state index in [0.29, 0.717) is 67.0 Å². The van der Waals surface area contributed by atoms with Gasteiger partial charge in [-0.05, 0) is 75.9 Å². The van der Waals surface area contributed by atoms with E-state index in [1.54, 1.807) is 24.3 Å². The number of nitrogens with zero attached hydrogens (tertiary/aromatic N) is 1. The summed E-state index contributed by atoms with van der Waals surface area (Å²) in [6.45, 7) is 9.20. The van der Waals surface area contributed by atoms with Crippen LogP contribution >= 0.6 is 0 Å². The highest BCUT2D eigenvalue weighted by molar-refractivity contribution is 7.92. The van der Waals surface area contributed by atoms with Gasteiger partial charge in [-0.15, -0.1) is 0 Å². The Morgan fingerprint density at radius 2 is 1.62 bits per heavy atom. The number of carbonyl (C=O) groups is 1. The standard InChI is InChI=1S/C25H34N2O6S/c1-5-14-34(29,30)27-13-9-10-18-15-20(11-12-21(18)27)26-25(28)19-16-22(31-6-2)24(33-8-4)23(17-19)32-7-3/h11-12,15-17H,5-10,13-14H2,1-4H3,(H,26,28). The fourth-order valence-corrected chi connectivity index (χ4v) is 5.64. The lowest BCUT2D eigenvalue weighted by Crippen LogP contribution is -2.37. The number of aryl methyl sites for hydroxylation is 1. The molecule has 0 radical (unpaired) electrons. The van der Waals surface area contributed by atoms with Crippen molar-refractivity contribution in [1.82, 2.24) is 0 Å². The molecule has 0 aromatic heterocycles. The zero-order valence-corrected chi connectivity index (χ0v) is 21.2. The van der Waals surface area contributed by atoms with Crippen LogP contribution in [0.5, 0.6) is 17.2 Å². The van der Waals surface area contributed by atoms with Crippen LogP contribution in [-0.2, 0) is 16.4 Å². The number of sulfonamides is 1. The van der Waals surface area contributed by atoms with Crippen LogP contribution in [0.1, 0.15) is 56.5 Å². The number of hydrogen-bond acceptors (Lipinski definition) is 6. The molecule has 0 saturated heterocycles. The van der Waals surface area contributed by atoms with Gasteiger partial charge in [0.05, 0.1) is 31.3 Å². The monoisotopic (exact) mass is 490 g/mol. The minimum atomic E-state index is -3.35. The van der Waals surface area contributed by atoms with Gasteiger partial charge in [0.2, 0.25) is 15.8 Å². The minimum Gasteiger partial charge on any atom is -0.490 e. The fourth-order valence-electron chi connectivity index (χ4n) is 4.02. The van der Waals surface area contributed by atoms with Crippen LogP contribution in [0.3, 0.4) is 0 Å². The van der Waals surface area contributed by atoms with E-state index in [4.69, 9.17) is 14.2 Å². The molecule has 0 aliphatic carbocycles. The topological polar surface area (TPSA) is 94.2 Å². The summed E-state index contributed by atoms with van der Waals surface area (Å²) in [6, 6.07) is 8.64. The molecule has 1 heterocycles. The molecule has 1 aliphatic rings. The van der Waals surface area contributed by atoms with E-state index in [1.165, 1.54) is 4.31 Å². The second kappa shape index (κ2) is 11.5. The Morgan fingerprint density at radius 1 is 0.971 bits per heavy atom. The van der Waals surface area contributed by atoms with Gasteiger partial charge in [0.1, 0.15) is 0 Å². The molecule has 0 spiro atoms. The van der Waals surface area contributed by atoms with Crippen molar-refractivity contribution in [2.75, 3.05) is 41.7 Å². The summed E-state index contributed by atoms with van der Waals surface area (Å²) in [7, 11) is -3.35. The summed E-state index contributed by atoms with van der Waals surface area (Å²) in [5, 5.41) is 2.92. The zero-order valence-electron chi connectivity index (χ0n) is 20.3. The van der Waals surface area contributed by atoms with E-state index in [-0.39, 0.29) is 11.7 Å². The first-order valence-electron chi connectivity index (χ1n) is 11.9. The van der Waals surface area contributed by atoms with Crippen molar-refractivity contribution in [3.8, 4) is 17.2 Å². The predicted molar refractivity (Wildman–Crippen MR) is 134 cm³/mol. The number of amides is 1. The Bertz CT molecular complexity index is 1090. The first kappa shape index (κ1) is 25.7. The maximum atomic E-state index is 13.1. The normalized spacial score (nSPS) is 13.2. The molecule has 0 bridgehead atoms. The van der Waals surface area contributed by atoms with Crippen molar-refractivity contribution >= 4 is 27.3 Å². The second-order valence-corrected chi connectivity index (χ2v) is 9.90. The Kier molecular flexibility index (Phi) is 8.66. The zero-order chi connectivity index (χ0) is 24.7. The van der Waals surface area contributed by atoms with Crippen molar-refractivity contribution in [2.45, 2.75) is 47.0 Å². The highest BCUT2D eigenvalue weighted by atomic mass is 32.2. The Morgan fingerprint density at radius 3 is 2.21 bits per heavy atom.